The van der Waals surface area contributed by atoms with E-state index in [9.17, 15) is 9.59 Å². The van der Waals surface area contributed by atoms with Crippen LogP contribution >= 0.6 is 0 Å². The fraction of sp³-hybridized carbons (Fsp3) is 0.417. The van der Waals surface area contributed by atoms with Crippen LogP contribution in [0.1, 0.15) is 24.2 Å². The minimum Gasteiger partial charge on any atom is -0.481 e. The first-order valence-corrected chi connectivity index (χ1v) is 5.70. The van der Waals surface area contributed by atoms with Crippen LogP contribution in [0.15, 0.2) is 12.1 Å². The van der Waals surface area contributed by atoms with Crippen molar-refractivity contribution in [3.63, 3.8) is 0 Å². The highest BCUT2D eigenvalue weighted by molar-refractivity contribution is 5.89. The van der Waals surface area contributed by atoms with E-state index in [0.717, 1.165) is 11.4 Å². The van der Waals surface area contributed by atoms with Crippen LogP contribution in [0, 0.1) is 13.8 Å². The van der Waals surface area contributed by atoms with Crippen molar-refractivity contribution < 1.29 is 14.7 Å². The Morgan fingerprint density at radius 3 is 2.67 bits per heavy atom. The lowest BCUT2D eigenvalue weighted by molar-refractivity contribution is -0.137. The van der Waals surface area contributed by atoms with Crippen LogP contribution in [0.5, 0.6) is 0 Å². The molecule has 0 radical (unpaired) electrons. The molecule has 0 bridgehead atoms. The van der Waals surface area contributed by atoms with Gasteiger partial charge in [-0.15, -0.1) is 0 Å². The van der Waals surface area contributed by atoms with Gasteiger partial charge in [0.2, 0.25) is 0 Å². The zero-order chi connectivity index (χ0) is 13.5. The maximum absolute atomic E-state index is 11.5. The molecular weight excluding hydrogens is 234 g/mol. The summed E-state index contributed by atoms with van der Waals surface area (Å²) in [5.41, 5.74) is 2.28. The first kappa shape index (κ1) is 14.0. The summed E-state index contributed by atoms with van der Waals surface area (Å²) in [5, 5.41) is 13.7. The average molecular weight is 251 g/mol. The Morgan fingerprint density at radius 2 is 2.06 bits per heavy atom. The average Bonchev–Trinajstić information content (AvgIpc) is 2.28. The number of urea groups is 1. The molecule has 1 rings (SSSR count). The number of aliphatic carboxylic acids is 1. The van der Waals surface area contributed by atoms with Crippen LogP contribution in [0.2, 0.25) is 0 Å². The Balaban J connectivity index is 2.38. The van der Waals surface area contributed by atoms with Crippen LogP contribution in [-0.4, -0.2) is 28.6 Å². The highest BCUT2D eigenvalue weighted by atomic mass is 16.4. The molecule has 2 amide bonds. The SMILES string of the molecule is Cc1ccc(NC(=O)NCCCC(=O)O)c(C)n1. The Hall–Kier alpha value is -2.11. The van der Waals surface area contributed by atoms with Gasteiger partial charge in [-0.1, -0.05) is 0 Å². The predicted molar refractivity (Wildman–Crippen MR) is 67.6 cm³/mol. The molecule has 0 saturated carbocycles. The highest BCUT2D eigenvalue weighted by Crippen LogP contribution is 2.11. The van der Waals surface area contributed by atoms with E-state index in [4.69, 9.17) is 5.11 Å². The van der Waals surface area contributed by atoms with Crippen LogP contribution in [0.3, 0.4) is 0 Å². The Bertz CT molecular complexity index is 446. The number of hydrogen-bond acceptors (Lipinski definition) is 3. The number of carboxylic acid groups (broad SMARTS) is 1. The van der Waals surface area contributed by atoms with E-state index < -0.39 is 5.97 Å². The van der Waals surface area contributed by atoms with Crippen molar-refractivity contribution in [1.29, 1.82) is 0 Å². The maximum Gasteiger partial charge on any atom is 0.319 e. The van der Waals surface area contributed by atoms with Crippen molar-refractivity contribution >= 4 is 17.7 Å². The number of carbonyl (C=O) groups excluding carboxylic acids is 1. The summed E-state index contributed by atoms with van der Waals surface area (Å²) >= 11 is 0. The molecular formula is C12H17N3O3. The van der Waals surface area contributed by atoms with Gasteiger partial charge in [0, 0.05) is 18.7 Å². The number of aryl methyl sites for hydroxylation is 2. The summed E-state index contributed by atoms with van der Waals surface area (Å²) in [4.78, 5) is 26.0. The summed E-state index contributed by atoms with van der Waals surface area (Å²) in [6.07, 6.45) is 0.458. The van der Waals surface area contributed by atoms with Gasteiger partial charge in [0.05, 0.1) is 11.4 Å². The van der Waals surface area contributed by atoms with E-state index in [2.05, 4.69) is 15.6 Å². The molecule has 0 aliphatic carbocycles. The van der Waals surface area contributed by atoms with Gasteiger partial charge >= 0.3 is 12.0 Å². The summed E-state index contributed by atoms with van der Waals surface area (Å²) < 4.78 is 0. The molecule has 0 fully saturated rings. The highest BCUT2D eigenvalue weighted by Gasteiger charge is 2.05. The molecule has 3 N–H and O–H groups in total. The van der Waals surface area contributed by atoms with Gasteiger partial charge in [-0.05, 0) is 32.4 Å². The van der Waals surface area contributed by atoms with Crippen LogP contribution in [0.4, 0.5) is 10.5 Å². The molecule has 1 aromatic rings. The fourth-order valence-corrected chi connectivity index (χ4v) is 1.43. The number of nitrogens with zero attached hydrogens (tertiary/aromatic N) is 1. The van der Waals surface area contributed by atoms with E-state index in [-0.39, 0.29) is 12.5 Å². The standard InChI is InChI=1S/C12H17N3O3/c1-8-5-6-10(9(2)14-8)15-12(18)13-7-3-4-11(16)17/h5-6H,3-4,7H2,1-2H3,(H,16,17)(H2,13,15,18). The van der Waals surface area contributed by atoms with E-state index >= 15 is 0 Å². The lowest BCUT2D eigenvalue weighted by Crippen LogP contribution is -2.30. The molecule has 0 saturated heterocycles. The smallest absolute Gasteiger partial charge is 0.319 e. The van der Waals surface area contributed by atoms with Gasteiger partial charge in [0.15, 0.2) is 0 Å². The van der Waals surface area contributed by atoms with Gasteiger partial charge in [0.25, 0.3) is 0 Å². The number of rotatable bonds is 5. The number of carbonyl (C=O) groups is 2. The van der Waals surface area contributed by atoms with Gasteiger partial charge in [-0.3, -0.25) is 9.78 Å². The second-order valence-corrected chi connectivity index (χ2v) is 3.96. The molecule has 0 aliphatic heterocycles. The minimum absolute atomic E-state index is 0.0470. The molecule has 0 aliphatic rings. The molecule has 0 unspecified atom stereocenters. The van der Waals surface area contributed by atoms with Crippen LogP contribution in [0.25, 0.3) is 0 Å². The third-order valence-electron chi connectivity index (χ3n) is 2.33. The molecule has 0 aromatic carbocycles. The first-order valence-electron chi connectivity index (χ1n) is 5.70. The number of aromatic nitrogens is 1. The normalized spacial score (nSPS) is 9.89. The van der Waals surface area contributed by atoms with Gasteiger partial charge in [-0.25, -0.2) is 4.79 Å². The molecule has 6 nitrogen and oxygen atoms in total. The number of amides is 2. The van der Waals surface area contributed by atoms with Gasteiger partial charge in [0.1, 0.15) is 0 Å². The molecule has 18 heavy (non-hydrogen) atoms. The number of hydrogen-bond donors (Lipinski definition) is 3. The van der Waals surface area contributed by atoms with Crippen molar-refractivity contribution in [1.82, 2.24) is 10.3 Å². The van der Waals surface area contributed by atoms with Gasteiger partial charge in [-0.2, -0.15) is 0 Å². The largest absolute Gasteiger partial charge is 0.481 e. The van der Waals surface area contributed by atoms with Crippen molar-refractivity contribution in [3.8, 4) is 0 Å². The number of anilines is 1. The monoisotopic (exact) mass is 251 g/mol. The molecule has 0 atom stereocenters. The Labute approximate surface area is 105 Å². The maximum atomic E-state index is 11.5. The molecule has 1 aromatic heterocycles. The second-order valence-electron chi connectivity index (χ2n) is 3.96. The molecule has 0 spiro atoms. The van der Waals surface area contributed by atoms with Crippen LogP contribution < -0.4 is 10.6 Å². The van der Waals surface area contributed by atoms with E-state index in [1.807, 2.05) is 19.9 Å². The van der Waals surface area contributed by atoms with Crippen molar-refractivity contribution in [2.75, 3.05) is 11.9 Å². The summed E-state index contributed by atoms with van der Waals surface area (Å²) in [5.74, 6) is -0.865. The Morgan fingerprint density at radius 1 is 1.33 bits per heavy atom. The summed E-state index contributed by atoms with van der Waals surface area (Å²) in [7, 11) is 0. The van der Waals surface area contributed by atoms with E-state index in [1.54, 1.807) is 6.07 Å². The van der Waals surface area contributed by atoms with E-state index in [0.29, 0.717) is 18.7 Å². The van der Waals surface area contributed by atoms with Crippen LogP contribution in [-0.2, 0) is 4.79 Å². The van der Waals surface area contributed by atoms with Crippen molar-refractivity contribution in [3.05, 3.63) is 23.5 Å². The first-order chi connectivity index (χ1) is 8.49. The Kier molecular flexibility index (Phi) is 5.10. The molecule has 6 heteroatoms. The van der Waals surface area contributed by atoms with E-state index in [1.165, 1.54) is 0 Å². The molecule has 1 heterocycles. The quantitative estimate of drug-likeness (QED) is 0.694. The minimum atomic E-state index is -0.865. The number of pyridine rings is 1. The molecule has 98 valence electrons. The third-order valence-corrected chi connectivity index (χ3v) is 2.33. The fourth-order valence-electron chi connectivity index (χ4n) is 1.43. The van der Waals surface area contributed by atoms with Crippen molar-refractivity contribution in [2.45, 2.75) is 26.7 Å². The number of carboxylic acids is 1. The lowest BCUT2D eigenvalue weighted by atomic mass is 10.3. The summed E-state index contributed by atoms with van der Waals surface area (Å²) in [6, 6.07) is 3.25. The van der Waals surface area contributed by atoms with Gasteiger partial charge < -0.3 is 15.7 Å². The lowest BCUT2D eigenvalue weighted by Gasteiger charge is -2.09. The zero-order valence-corrected chi connectivity index (χ0v) is 10.5. The summed E-state index contributed by atoms with van der Waals surface area (Å²) in [6.45, 7) is 4.02. The second kappa shape index (κ2) is 6.58. The predicted octanol–water partition coefficient (Wildman–Crippen LogP) is 1.68. The zero-order valence-electron chi connectivity index (χ0n) is 10.5. The third kappa shape index (κ3) is 4.82. The number of nitrogens with one attached hydrogen (secondary N) is 2. The van der Waals surface area contributed by atoms with Crippen molar-refractivity contribution in [2.24, 2.45) is 0 Å². The topological polar surface area (TPSA) is 91.3 Å².